The van der Waals surface area contributed by atoms with Crippen molar-refractivity contribution < 1.29 is 9.18 Å². The van der Waals surface area contributed by atoms with Crippen LogP contribution >= 0.6 is 11.8 Å². The third-order valence-electron chi connectivity index (χ3n) is 5.91. The average Bonchev–Trinajstić information content (AvgIpc) is 3.08. The number of aromatic nitrogens is 2. The summed E-state index contributed by atoms with van der Waals surface area (Å²) in [6.07, 6.45) is 1.27. The Balaban J connectivity index is 1.35. The smallest absolute Gasteiger partial charge is 0.228 e. The minimum Gasteiger partial charge on any atom is -0.326 e. The van der Waals surface area contributed by atoms with E-state index >= 15 is 0 Å². The number of hydrogen-bond donors (Lipinski definition) is 1. The van der Waals surface area contributed by atoms with E-state index in [9.17, 15) is 9.18 Å². The third-order valence-corrected chi connectivity index (χ3v) is 6.85. The summed E-state index contributed by atoms with van der Waals surface area (Å²) in [4.78, 5) is 15.2. The zero-order valence-corrected chi connectivity index (χ0v) is 19.4. The molecule has 1 amide bonds. The number of anilines is 1. The van der Waals surface area contributed by atoms with Crippen LogP contribution in [0.4, 0.5) is 10.1 Å². The van der Waals surface area contributed by atoms with Gasteiger partial charge in [0.05, 0.1) is 17.8 Å². The van der Waals surface area contributed by atoms with Gasteiger partial charge in [0.15, 0.2) is 0 Å². The number of amides is 1. The van der Waals surface area contributed by atoms with Gasteiger partial charge in [0.25, 0.3) is 0 Å². The highest BCUT2D eigenvalue weighted by atomic mass is 32.2. The van der Waals surface area contributed by atoms with Crippen molar-refractivity contribution in [2.45, 2.75) is 26.7 Å². The van der Waals surface area contributed by atoms with Gasteiger partial charge in [-0.25, -0.2) is 9.07 Å². The van der Waals surface area contributed by atoms with Gasteiger partial charge in [0.2, 0.25) is 5.91 Å². The molecule has 1 fully saturated rings. The van der Waals surface area contributed by atoms with Crippen molar-refractivity contribution in [3.63, 3.8) is 0 Å². The number of benzene rings is 2. The molecule has 3 aromatic rings. The van der Waals surface area contributed by atoms with Crippen LogP contribution in [0.25, 0.3) is 5.69 Å². The number of carbonyl (C=O) groups is 1. The average molecular weight is 453 g/mol. The highest BCUT2D eigenvalue weighted by Crippen LogP contribution is 2.20. The lowest BCUT2D eigenvalue weighted by molar-refractivity contribution is -0.115. The van der Waals surface area contributed by atoms with E-state index in [0.717, 1.165) is 41.3 Å². The standard InChI is InChI=1S/C25H29FN4OS/c1-18-24(19(2)30(28-18)23-9-5-21(26)6-10-23)17-25(31)27-22-7-3-20(4-8-22)11-12-29-13-15-32-16-14-29/h3-10H,11-17H2,1-2H3,(H,27,31). The van der Waals surface area contributed by atoms with Crippen LogP contribution in [-0.4, -0.2) is 51.7 Å². The first-order chi connectivity index (χ1) is 15.5. The molecule has 0 bridgehead atoms. The molecule has 0 spiro atoms. The van der Waals surface area contributed by atoms with E-state index in [1.165, 1.54) is 42.3 Å². The van der Waals surface area contributed by atoms with Crippen molar-refractivity contribution in [1.82, 2.24) is 14.7 Å². The summed E-state index contributed by atoms with van der Waals surface area (Å²) in [6.45, 7) is 7.26. The van der Waals surface area contributed by atoms with Gasteiger partial charge in [-0.2, -0.15) is 16.9 Å². The molecule has 5 nitrogen and oxygen atoms in total. The van der Waals surface area contributed by atoms with Gasteiger partial charge in [-0.05, 0) is 62.2 Å². The molecule has 1 N–H and O–H groups in total. The molecule has 32 heavy (non-hydrogen) atoms. The summed E-state index contributed by atoms with van der Waals surface area (Å²) in [7, 11) is 0. The lowest BCUT2D eigenvalue weighted by Crippen LogP contribution is -2.34. The first-order valence-corrected chi connectivity index (χ1v) is 12.1. The minimum atomic E-state index is -0.286. The summed E-state index contributed by atoms with van der Waals surface area (Å²) in [6, 6.07) is 14.3. The molecule has 1 aromatic heterocycles. The quantitative estimate of drug-likeness (QED) is 0.577. The second kappa shape index (κ2) is 10.3. The van der Waals surface area contributed by atoms with E-state index in [4.69, 9.17) is 0 Å². The molecule has 1 saturated heterocycles. The van der Waals surface area contributed by atoms with Crippen molar-refractivity contribution in [2.75, 3.05) is 36.5 Å². The summed E-state index contributed by atoms with van der Waals surface area (Å²) in [5, 5.41) is 7.54. The SMILES string of the molecule is Cc1nn(-c2ccc(F)cc2)c(C)c1CC(=O)Nc1ccc(CCN2CCSCC2)cc1. The Kier molecular flexibility index (Phi) is 7.27. The summed E-state index contributed by atoms with van der Waals surface area (Å²) >= 11 is 2.03. The molecule has 4 rings (SSSR count). The Morgan fingerprint density at radius 2 is 1.75 bits per heavy atom. The van der Waals surface area contributed by atoms with Crippen molar-refractivity contribution in [2.24, 2.45) is 0 Å². The normalized spacial score (nSPS) is 14.5. The Labute approximate surface area is 193 Å². The number of halogens is 1. The van der Waals surface area contributed by atoms with Crippen molar-refractivity contribution in [3.8, 4) is 5.69 Å². The fourth-order valence-electron chi connectivity index (χ4n) is 4.00. The number of thioether (sulfide) groups is 1. The minimum absolute atomic E-state index is 0.0755. The van der Waals surface area contributed by atoms with Gasteiger partial charge in [-0.1, -0.05) is 12.1 Å². The van der Waals surface area contributed by atoms with Crippen molar-refractivity contribution in [3.05, 3.63) is 76.9 Å². The van der Waals surface area contributed by atoms with Crippen LogP contribution < -0.4 is 5.32 Å². The fraction of sp³-hybridized carbons (Fsp3) is 0.360. The maximum Gasteiger partial charge on any atom is 0.228 e. The van der Waals surface area contributed by atoms with Crippen LogP contribution in [0.2, 0.25) is 0 Å². The molecular weight excluding hydrogens is 423 g/mol. The molecular formula is C25H29FN4OS. The Morgan fingerprint density at radius 1 is 1.06 bits per heavy atom. The van der Waals surface area contributed by atoms with E-state index in [-0.39, 0.29) is 18.1 Å². The molecule has 0 aliphatic carbocycles. The van der Waals surface area contributed by atoms with E-state index in [1.54, 1.807) is 16.8 Å². The highest BCUT2D eigenvalue weighted by molar-refractivity contribution is 7.99. The second-order valence-electron chi connectivity index (χ2n) is 8.16. The van der Waals surface area contributed by atoms with Gasteiger partial charge in [0, 0.05) is 48.1 Å². The lowest BCUT2D eigenvalue weighted by atomic mass is 10.1. The number of rotatable bonds is 7. The largest absolute Gasteiger partial charge is 0.326 e. The number of hydrogen-bond acceptors (Lipinski definition) is 4. The molecule has 0 unspecified atom stereocenters. The monoisotopic (exact) mass is 452 g/mol. The fourth-order valence-corrected chi connectivity index (χ4v) is 4.98. The van der Waals surface area contributed by atoms with Crippen LogP contribution in [0.3, 0.4) is 0 Å². The van der Waals surface area contributed by atoms with E-state index in [0.29, 0.717) is 0 Å². The number of nitrogens with zero attached hydrogens (tertiary/aromatic N) is 3. The molecule has 1 aliphatic heterocycles. The second-order valence-corrected chi connectivity index (χ2v) is 9.39. The molecule has 7 heteroatoms. The maximum atomic E-state index is 13.2. The number of nitrogens with one attached hydrogen (secondary N) is 1. The van der Waals surface area contributed by atoms with Crippen LogP contribution in [0.5, 0.6) is 0 Å². The van der Waals surface area contributed by atoms with Crippen LogP contribution in [0.1, 0.15) is 22.5 Å². The predicted octanol–water partition coefficient (Wildman–Crippen LogP) is 4.40. The Hall–Kier alpha value is -2.64. The molecule has 168 valence electrons. The maximum absolute atomic E-state index is 13.2. The zero-order valence-electron chi connectivity index (χ0n) is 18.6. The van der Waals surface area contributed by atoms with Crippen LogP contribution in [0, 0.1) is 19.7 Å². The van der Waals surface area contributed by atoms with Crippen molar-refractivity contribution in [1.29, 1.82) is 0 Å². The Bertz CT molecular complexity index is 1060. The summed E-state index contributed by atoms with van der Waals surface area (Å²) in [5.41, 5.74) is 5.44. The molecule has 0 atom stereocenters. The molecule has 2 heterocycles. The zero-order chi connectivity index (χ0) is 22.5. The molecule has 2 aromatic carbocycles. The van der Waals surface area contributed by atoms with Gasteiger partial charge < -0.3 is 10.2 Å². The summed E-state index contributed by atoms with van der Waals surface area (Å²) in [5.74, 6) is 2.10. The number of aryl methyl sites for hydroxylation is 1. The third kappa shape index (κ3) is 5.58. The predicted molar refractivity (Wildman–Crippen MR) is 129 cm³/mol. The number of carbonyl (C=O) groups excluding carboxylic acids is 1. The van der Waals surface area contributed by atoms with Crippen LogP contribution in [0.15, 0.2) is 48.5 Å². The van der Waals surface area contributed by atoms with Crippen molar-refractivity contribution >= 4 is 23.4 Å². The molecule has 1 aliphatic rings. The van der Waals surface area contributed by atoms with Crippen LogP contribution in [-0.2, 0) is 17.6 Å². The van der Waals surface area contributed by atoms with E-state index < -0.39 is 0 Å². The van der Waals surface area contributed by atoms with Gasteiger partial charge in [-0.15, -0.1) is 0 Å². The van der Waals surface area contributed by atoms with Gasteiger partial charge in [-0.3, -0.25) is 4.79 Å². The first kappa shape index (κ1) is 22.6. The first-order valence-electron chi connectivity index (χ1n) is 11.0. The van der Waals surface area contributed by atoms with Gasteiger partial charge in [0.1, 0.15) is 5.82 Å². The van der Waals surface area contributed by atoms with E-state index in [1.807, 2.05) is 37.7 Å². The Morgan fingerprint density at radius 3 is 2.44 bits per heavy atom. The lowest BCUT2D eigenvalue weighted by Gasteiger charge is -2.26. The van der Waals surface area contributed by atoms with E-state index in [2.05, 4.69) is 27.4 Å². The topological polar surface area (TPSA) is 50.2 Å². The molecule has 0 radical (unpaired) electrons. The highest BCUT2D eigenvalue weighted by Gasteiger charge is 2.16. The molecule has 0 saturated carbocycles. The van der Waals surface area contributed by atoms with Gasteiger partial charge >= 0.3 is 0 Å². The summed E-state index contributed by atoms with van der Waals surface area (Å²) < 4.78 is 15.0.